The number of benzene rings is 1. The van der Waals surface area contributed by atoms with Gasteiger partial charge in [-0.2, -0.15) is 26.3 Å². The van der Waals surface area contributed by atoms with E-state index in [0.717, 1.165) is 0 Å². The molecular weight excluding hydrogens is 466 g/mol. The van der Waals surface area contributed by atoms with Crippen molar-refractivity contribution in [3.63, 3.8) is 0 Å². The molecule has 4 nitrogen and oxygen atoms in total. The first kappa shape index (κ1) is 25.8. The van der Waals surface area contributed by atoms with Gasteiger partial charge in [-0.15, -0.1) is 4.72 Å². The van der Waals surface area contributed by atoms with Crippen LogP contribution in [0.3, 0.4) is 0 Å². The second-order valence-electron chi connectivity index (χ2n) is 7.44. The van der Waals surface area contributed by atoms with Crippen molar-refractivity contribution in [1.29, 1.82) is 0 Å². The Balaban J connectivity index is 2.65. The van der Waals surface area contributed by atoms with Crippen molar-refractivity contribution in [3.8, 4) is 0 Å². The number of alkyl halides is 6. The molecule has 0 aliphatic rings. The molecule has 0 bridgehead atoms. The van der Waals surface area contributed by atoms with E-state index in [1.807, 2.05) is 0 Å². The summed E-state index contributed by atoms with van der Waals surface area (Å²) < 4.78 is 95.1. The van der Waals surface area contributed by atoms with Gasteiger partial charge in [0.05, 0.1) is 24.3 Å². The monoisotopic (exact) mass is 486 g/mol. The zero-order chi connectivity index (χ0) is 23.6. The molecular formula is C19H20F6N2O2S2. The molecule has 0 saturated carbocycles. The summed E-state index contributed by atoms with van der Waals surface area (Å²) in [5.41, 5.74) is -3.07. The van der Waals surface area contributed by atoms with Crippen LogP contribution in [0.1, 0.15) is 43.0 Å². The highest BCUT2D eigenvalue weighted by molar-refractivity contribution is 7.99. The van der Waals surface area contributed by atoms with E-state index in [0.29, 0.717) is 17.8 Å². The predicted octanol–water partition coefficient (Wildman–Crippen LogP) is 5.31. The highest BCUT2D eigenvalue weighted by Gasteiger charge is 2.40. The fourth-order valence-corrected chi connectivity index (χ4v) is 4.24. The van der Waals surface area contributed by atoms with Crippen molar-refractivity contribution in [2.45, 2.75) is 60.9 Å². The van der Waals surface area contributed by atoms with Gasteiger partial charge in [0.15, 0.2) is 0 Å². The molecule has 0 saturated heterocycles. The van der Waals surface area contributed by atoms with E-state index in [9.17, 15) is 36.0 Å². The zero-order valence-corrected chi connectivity index (χ0v) is 18.3. The van der Waals surface area contributed by atoms with Crippen molar-refractivity contribution in [3.05, 3.63) is 52.7 Å². The molecule has 0 fully saturated rings. The van der Waals surface area contributed by atoms with E-state index in [1.165, 1.54) is 18.3 Å². The highest BCUT2D eigenvalue weighted by Crippen LogP contribution is 2.45. The Bertz CT molecular complexity index is 914. The molecule has 0 amide bonds. The fourth-order valence-electron chi connectivity index (χ4n) is 2.41. The van der Waals surface area contributed by atoms with Crippen molar-refractivity contribution >= 4 is 23.1 Å². The van der Waals surface area contributed by atoms with Crippen LogP contribution < -0.4 is 4.72 Å². The molecule has 2 N–H and O–H groups in total. The van der Waals surface area contributed by atoms with Crippen LogP contribution in [0.15, 0.2) is 40.4 Å². The average molecular weight is 487 g/mol. The second-order valence-corrected chi connectivity index (χ2v) is 10.5. The van der Waals surface area contributed by atoms with Crippen LogP contribution in [0.4, 0.5) is 26.3 Å². The standard InChI is InChI=1S/C19H20F6N2O2S2/c1-17(2,3)31(29)27-9-12-7-13(18(20,21)22)8-14(19(23,24)25)15(12)30-16-11(10-28)5-4-6-26-16/h4-8,27-28H,9-10H2,1-3H3. The Morgan fingerprint density at radius 3 is 2.23 bits per heavy atom. The van der Waals surface area contributed by atoms with Gasteiger partial charge in [-0.3, -0.25) is 0 Å². The summed E-state index contributed by atoms with van der Waals surface area (Å²) in [7, 11) is 0. The van der Waals surface area contributed by atoms with Crippen LogP contribution in [0, 0.1) is 0 Å². The second kappa shape index (κ2) is 9.57. The Hall–Kier alpha value is -1.47. The molecule has 1 heterocycles. The van der Waals surface area contributed by atoms with Crippen molar-refractivity contribution < 1.29 is 36.0 Å². The number of rotatable bonds is 6. The van der Waals surface area contributed by atoms with Gasteiger partial charge >= 0.3 is 12.4 Å². The average Bonchev–Trinajstić information content (AvgIpc) is 2.64. The first-order valence-corrected chi connectivity index (χ1v) is 10.8. The molecule has 1 aromatic heterocycles. The Morgan fingerprint density at radius 2 is 1.71 bits per heavy atom. The summed E-state index contributed by atoms with van der Waals surface area (Å²) in [6, 6.07) is 3.57. The summed E-state index contributed by atoms with van der Waals surface area (Å²) in [6.07, 6.45) is -8.80. The molecule has 172 valence electrons. The number of aliphatic hydroxyl groups excluding tert-OH is 1. The lowest BCUT2D eigenvalue weighted by atomic mass is 10.0. The third-order valence-corrected chi connectivity index (χ3v) is 6.73. The Labute approximate surface area is 182 Å². The molecule has 12 heteroatoms. The molecule has 0 aliphatic carbocycles. The van der Waals surface area contributed by atoms with Crippen LogP contribution in [0.5, 0.6) is 0 Å². The lowest BCUT2D eigenvalue weighted by Crippen LogP contribution is -2.39. The number of nitrogens with one attached hydrogen (secondary N) is 1. The molecule has 1 atom stereocenters. The van der Waals surface area contributed by atoms with Crippen molar-refractivity contribution in [2.75, 3.05) is 0 Å². The number of nitrogens with zero attached hydrogens (tertiary/aromatic N) is 1. The van der Waals surface area contributed by atoms with Crippen molar-refractivity contribution in [1.82, 2.24) is 9.71 Å². The molecule has 2 rings (SSSR count). The number of hydrogen-bond donors (Lipinski definition) is 2. The highest BCUT2D eigenvalue weighted by atomic mass is 32.2. The lowest BCUT2D eigenvalue weighted by Gasteiger charge is -2.25. The number of halogens is 6. The summed E-state index contributed by atoms with van der Waals surface area (Å²) in [4.78, 5) is 3.44. The van der Waals surface area contributed by atoms with Gasteiger partial charge < -0.3 is 9.66 Å². The summed E-state index contributed by atoms with van der Waals surface area (Å²) in [6.45, 7) is 3.82. The maximum atomic E-state index is 13.7. The number of aromatic nitrogens is 1. The molecule has 1 unspecified atom stereocenters. The molecule has 31 heavy (non-hydrogen) atoms. The normalized spacial score (nSPS) is 14.0. The number of pyridine rings is 1. The first-order chi connectivity index (χ1) is 14.1. The summed E-state index contributed by atoms with van der Waals surface area (Å²) in [5.74, 6) is 0. The molecule has 0 aliphatic heterocycles. The van der Waals surface area contributed by atoms with Crippen LogP contribution in [0.2, 0.25) is 0 Å². The van der Waals surface area contributed by atoms with Crippen molar-refractivity contribution in [2.24, 2.45) is 0 Å². The molecule has 1 aromatic carbocycles. The largest absolute Gasteiger partial charge is 0.598 e. The van der Waals surface area contributed by atoms with Gasteiger partial charge in [-0.1, -0.05) is 17.8 Å². The van der Waals surface area contributed by atoms with Gasteiger partial charge in [0.1, 0.15) is 9.77 Å². The predicted molar refractivity (Wildman–Crippen MR) is 105 cm³/mol. The van der Waals surface area contributed by atoms with E-state index in [-0.39, 0.29) is 22.2 Å². The van der Waals surface area contributed by atoms with Crippen LogP contribution in [0.25, 0.3) is 0 Å². The van der Waals surface area contributed by atoms with Crippen LogP contribution >= 0.6 is 11.8 Å². The maximum absolute atomic E-state index is 13.7. The molecule has 0 radical (unpaired) electrons. The van der Waals surface area contributed by atoms with E-state index in [2.05, 4.69) is 9.71 Å². The van der Waals surface area contributed by atoms with Gasteiger partial charge in [-0.05, 0) is 44.5 Å². The first-order valence-electron chi connectivity index (χ1n) is 8.84. The topological polar surface area (TPSA) is 68.2 Å². The van der Waals surface area contributed by atoms with Gasteiger partial charge in [-0.25, -0.2) is 4.98 Å². The van der Waals surface area contributed by atoms with Crippen LogP contribution in [-0.2, 0) is 36.9 Å². The Kier molecular flexibility index (Phi) is 7.96. The fraction of sp³-hybridized carbons (Fsp3) is 0.421. The van der Waals surface area contributed by atoms with E-state index >= 15 is 0 Å². The maximum Gasteiger partial charge on any atom is 0.417 e. The van der Waals surface area contributed by atoms with E-state index in [4.69, 9.17) is 0 Å². The quantitative estimate of drug-likeness (QED) is 0.428. The third-order valence-electron chi connectivity index (χ3n) is 3.97. The molecule has 0 spiro atoms. The minimum Gasteiger partial charge on any atom is -0.598 e. The number of hydrogen-bond acceptors (Lipinski definition) is 5. The Morgan fingerprint density at radius 1 is 1.06 bits per heavy atom. The van der Waals surface area contributed by atoms with Gasteiger partial charge in [0.2, 0.25) is 0 Å². The zero-order valence-electron chi connectivity index (χ0n) is 16.7. The lowest BCUT2D eigenvalue weighted by molar-refractivity contribution is -0.144. The minimum atomic E-state index is -5.09. The van der Waals surface area contributed by atoms with E-state index in [1.54, 1.807) is 20.8 Å². The van der Waals surface area contributed by atoms with E-state index < -0.39 is 57.6 Å². The van der Waals surface area contributed by atoms with Gasteiger partial charge in [0.25, 0.3) is 0 Å². The summed E-state index contributed by atoms with van der Waals surface area (Å²) >= 11 is -1.23. The minimum absolute atomic E-state index is 0.0217. The third kappa shape index (κ3) is 6.75. The van der Waals surface area contributed by atoms with Gasteiger partial charge in [0, 0.05) is 28.0 Å². The SMILES string of the molecule is CC(C)(C)[S+]([O-])NCc1cc(C(F)(F)F)cc(C(F)(F)F)c1Sc1ncccc1CO. The van der Waals surface area contributed by atoms with Crippen LogP contribution in [-0.4, -0.2) is 19.4 Å². The summed E-state index contributed by atoms with van der Waals surface area (Å²) in [5, 5.41) is 9.46. The number of aliphatic hydroxyl groups is 1. The molecule has 2 aromatic rings. The smallest absolute Gasteiger partial charge is 0.417 e.